The quantitative estimate of drug-likeness (QED) is 0.206. The Morgan fingerprint density at radius 1 is 0.756 bits per heavy atom. The third kappa shape index (κ3) is 8.18. The summed E-state index contributed by atoms with van der Waals surface area (Å²) in [5, 5.41) is 20.5. The third-order valence-electron chi connectivity index (χ3n) is 7.62. The number of likely N-dealkylation sites (tertiary alicyclic amines) is 1. The van der Waals surface area contributed by atoms with Crippen LogP contribution < -0.4 is 5.32 Å². The smallest absolute Gasteiger partial charge is 0.176 e. The Balaban J connectivity index is 0.000000272. The van der Waals surface area contributed by atoms with Gasteiger partial charge in [0.2, 0.25) is 0 Å². The Morgan fingerprint density at radius 3 is 1.96 bits per heavy atom. The molecule has 5 heterocycles. The van der Waals surface area contributed by atoms with E-state index < -0.39 is 0 Å². The summed E-state index contributed by atoms with van der Waals surface area (Å²) in [6, 6.07) is 28.5. The highest BCUT2D eigenvalue weighted by molar-refractivity contribution is 6.29. The van der Waals surface area contributed by atoms with E-state index in [1.54, 1.807) is 16.8 Å². The number of aryl methyl sites for hydroxylation is 2. The van der Waals surface area contributed by atoms with Crippen molar-refractivity contribution >= 4 is 28.7 Å². The van der Waals surface area contributed by atoms with E-state index in [2.05, 4.69) is 101 Å². The van der Waals surface area contributed by atoms with Crippen LogP contribution in [0.2, 0.25) is 5.15 Å². The molecule has 1 aliphatic rings. The molecule has 0 saturated carbocycles. The molecule has 2 aromatic carbocycles. The molecule has 12 heteroatoms. The van der Waals surface area contributed by atoms with Gasteiger partial charge in [-0.1, -0.05) is 72.3 Å². The van der Waals surface area contributed by atoms with Crippen LogP contribution in [0.3, 0.4) is 0 Å². The Labute approximate surface area is 267 Å². The molecule has 232 valence electrons. The van der Waals surface area contributed by atoms with Crippen LogP contribution in [0.25, 0.3) is 11.3 Å². The molecule has 0 spiro atoms. The zero-order valence-corrected chi connectivity index (χ0v) is 26.3. The highest BCUT2D eigenvalue weighted by atomic mass is 35.5. The van der Waals surface area contributed by atoms with Crippen molar-refractivity contribution in [3.05, 3.63) is 113 Å². The standard InChI is InChI=1S/C27H32N6O.C6H5ClN4/c1-21-29-26-14-13-25(31-33(26)30-21)28-17-8-18-32-19-15-24(16-20-32)34-27(22-9-4-2-5-10-22)23-11-6-3-7-12-23;1-4-8-6-3-2-5(7)10-11(6)9-4/h2-7,9-14,24,27H,8,15-20H2,1H3,(H,28,31);2-3H,1H3. The highest BCUT2D eigenvalue weighted by Gasteiger charge is 2.24. The lowest BCUT2D eigenvalue weighted by Gasteiger charge is -2.34. The molecule has 0 amide bonds. The van der Waals surface area contributed by atoms with Gasteiger partial charge in [-0.2, -0.15) is 0 Å². The lowest BCUT2D eigenvalue weighted by atomic mass is 10.00. The van der Waals surface area contributed by atoms with Gasteiger partial charge < -0.3 is 15.0 Å². The average Bonchev–Trinajstić information content (AvgIpc) is 3.63. The normalized spacial score (nSPS) is 14.1. The molecule has 11 nitrogen and oxygen atoms in total. The fraction of sp³-hybridized carbons (Fsp3) is 0.333. The van der Waals surface area contributed by atoms with Gasteiger partial charge in [-0.05, 0) is 75.0 Å². The number of piperidine rings is 1. The molecule has 6 aromatic rings. The molecule has 0 bridgehead atoms. The number of halogens is 1. The Hall–Kier alpha value is -4.45. The molecule has 1 saturated heterocycles. The Kier molecular flexibility index (Phi) is 9.89. The van der Waals surface area contributed by atoms with Crippen molar-refractivity contribution in [2.45, 2.75) is 45.3 Å². The molecule has 45 heavy (non-hydrogen) atoms. The summed E-state index contributed by atoms with van der Waals surface area (Å²) in [6.07, 6.45) is 3.46. The van der Waals surface area contributed by atoms with Crippen LogP contribution in [0, 0.1) is 13.8 Å². The molecule has 0 aliphatic carbocycles. The van der Waals surface area contributed by atoms with Crippen LogP contribution in [-0.2, 0) is 4.74 Å². The van der Waals surface area contributed by atoms with Crippen molar-refractivity contribution < 1.29 is 4.74 Å². The van der Waals surface area contributed by atoms with Gasteiger partial charge in [-0.25, -0.2) is 9.97 Å². The number of rotatable bonds is 9. The predicted molar refractivity (Wildman–Crippen MR) is 174 cm³/mol. The number of nitrogens with zero attached hydrogens (tertiary/aromatic N) is 9. The molecule has 0 atom stereocenters. The lowest BCUT2D eigenvalue weighted by Crippen LogP contribution is -2.38. The number of aromatic nitrogens is 8. The first-order chi connectivity index (χ1) is 22.0. The number of ether oxygens (including phenoxy) is 1. The minimum absolute atomic E-state index is 0.0123. The van der Waals surface area contributed by atoms with E-state index in [1.807, 2.05) is 26.0 Å². The third-order valence-corrected chi connectivity index (χ3v) is 7.82. The molecule has 0 unspecified atom stereocenters. The number of benzene rings is 2. The van der Waals surface area contributed by atoms with Crippen molar-refractivity contribution in [1.82, 2.24) is 44.5 Å². The number of fused-ring (bicyclic) bond motifs is 2. The maximum atomic E-state index is 6.67. The van der Waals surface area contributed by atoms with Crippen LogP contribution >= 0.6 is 11.6 Å². The van der Waals surface area contributed by atoms with Crippen molar-refractivity contribution in [3.63, 3.8) is 0 Å². The molecule has 7 rings (SSSR count). The van der Waals surface area contributed by atoms with Crippen LogP contribution in [-0.4, -0.2) is 76.8 Å². The van der Waals surface area contributed by atoms with Gasteiger partial charge in [0.15, 0.2) is 16.4 Å². The Morgan fingerprint density at radius 2 is 1.33 bits per heavy atom. The number of nitrogens with one attached hydrogen (secondary N) is 1. The maximum absolute atomic E-state index is 6.67. The van der Waals surface area contributed by atoms with E-state index in [9.17, 15) is 0 Å². The maximum Gasteiger partial charge on any atom is 0.176 e. The number of anilines is 1. The summed E-state index contributed by atoms with van der Waals surface area (Å²) in [4.78, 5) is 10.9. The summed E-state index contributed by atoms with van der Waals surface area (Å²) >= 11 is 5.63. The fourth-order valence-electron chi connectivity index (χ4n) is 5.43. The summed E-state index contributed by atoms with van der Waals surface area (Å²) < 4.78 is 9.67. The Bertz CT molecular complexity index is 1760. The second kappa shape index (κ2) is 14.6. The van der Waals surface area contributed by atoms with Crippen molar-refractivity contribution in [3.8, 4) is 0 Å². The average molecular weight is 625 g/mol. The zero-order chi connectivity index (χ0) is 31.0. The molecule has 1 aliphatic heterocycles. The fourth-order valence-corrected chi connectivity index (χ4v) is 5.57. The second-order valence-electron chi connectivity index (χ2n) is 11.0. The van der Waals surface area contributed by atoms with Crippen LogP contribution in [0.5, 0.6) is 0 Å². The minimum Gasteiger partial charge on any atom is -0.369 e. The van der Waals surface area contributed by atoms with Crippen molar-refractivity contribution in [1.29, 1.82) is 0 Å². The molecular formula is C33H37ClN10O. The van der Waals surface area contributed by atoms with Gasteiger partial charge in [-0.15, -0.1) is 29.7 Å². The van der Waals surface area contributed by atoms with Gasteiger partial charge in [0, 0.05) is 19.6 Å². The van der Waals surface area contributed by atoms with Crippen LogP contribution in [0.15, 0.2) is 84.9 Å². The van der Waals surface area contributed by atoms with Gasteiger partial charge in [0.05, 0.1) is 6.10 Å². The SMILES string of the molecule is Cc1nc2ccc(Cl)nn2n1.Cc1nc2ccc(NCCCN3CCC(OC(c4ccccc4)c4ccccc4)CC3)nn2n1. The van der Waals surface area contributed by atoms with Crippen LogP contribution in [0.4, 0.5) is 5.82 Å². The monoisotopic (exact) mass is 624 g/mol. The van der Waals surface area contributed by atoms with Gasteiger partial charge >= 0.3 is 0 Å². The van der Waals surface area contributed by atoms with E-state index in [4.69, 9.17) is 16.3 Å². The molecule has 1 fully saturated rings. The van der Waals surface area contributed by atoms with Crippen LogP contribution in [0.1, 0.15) is 48.1 Å². The largest absolute Gasteiger partial charge is 0.369 e. The summed E-state index contributed by atoms with van der Waals surface area (Å²) in [6.45, 7) is 7.78. The highest BCUT2D eigenvalue weighted by Crippen LogP contribution is 2.30. The first kappa shape index (κ1) is 30.6. The first-order valence-corrected chi connectivity index (χ1v) is 15.7. The summed E-state index contributed by atoms with van der Waals surface area (Å²) in [5.41, 5.74) is 3.92. The predicted octanol–water partition coefficient (Wildman–Crippen LogP) is 5.59. The van der Waals surface area contributed by atoms with E-state index in [0.717, 1.165) is 62.7 Å². The second-order valence-corrected chi connectivity index (χ2v) is 11.4. The van der Waals surface area contributed by atoms with Crippen molar-refractivity contribution in [2.75, 3.05) is 31.5 Å². The number of hydrogen-bond acceptors (Lipinski definition) is 9. The molecule has 0 radical (unpaired) electrons. The first-order valence-electron chi connectivity index (χ1n) is 15.3. The molecule has 1 N–H and O–H groups in total. The van der Waals surface area contributed by atoms with E-state index in [1.165, 1.54) is 15.8 Å². The van der Waals surface area contributed by atoms with E-state index >= 15 is 0 Å². The number of hydrogen-bond donors (Lipinski definition) is 1. The topological polar surface area (TPSA) is 111 Å². The van der Waals surface area contributed by atoms with E-state index in [-0.39, 0.29) is 12.2 Å². The van der Waals surface area contributed by atoms with Crippen molar-refractivity contribution in [2.24, 2.45) is 0 Å². The van der Waals surface area contributed by atoms with Gasteiger partial charge in [-0.3, -0.25) is 0 Å². The van der Waals surface area contributed by atoms with E-state index in [0.29, 0.717) is 16.6 Å². The molecule has 4 aromatic heterocycles. The van der Waals surface area contributed by atoms with Gasteiger partial charge in [0.1, 0.15) is 23.6 Å². The zero-order valence-electron chi connectivity index (χ0n) is 25.5. The van der Waals surface area contributed by atoms with Gasteiger partial charge in [0.25, 0.3) is 0 Å². The summed E-state index contributed by atoms with van der Waals surface area (Å²) in [7, 11) is 0. The summed E-state index contributed by atoms with van der Waals surface area (Å²) in [5.74, 6) is 2.26. The minimum atomic E-state index is -0.0123. The lowest BCUT2D eigenvalue weighted by molar-refractivity contribution is -0.0269. The molecular weight excluding hydrogens is 588 g/mol.